The van der Waals surface area contributed by atoms with Gasteiger partial charge in [-0.15, -0.1) is 0 Å². The molecule has 0 aliphatic rings. The van der Waals surface area contributed by atoms with Gasteiger partial charge in [0.15, 0.2) is 0 Å². The number of pyridine rings is 1. The number of hydrogen-bond donors (Lipinski definition) is 1. The second kappa shape index (κ2) is 6.10. The lowest BCUT2D eigenvalue weighted by Crippen LogP contribution is -2.04. The van der Waals surface area contributed by atoms with E-state index in [1.165, 1.54) is 6.07 Å². The van der Waals surface area contributed by atoms with Gasteiger partial charge in [0.1, 0.15) is 0 Å². The van der Waals surface area contributed by atoms with E-state index >= 15 is 0 Å². The van der Waals surface area contributed by atoms with Gasteiger partial charge in [0.25, 0.3) is 0 Å². The Balaban J connectivity index is 2.82. The Labute approximate surface area is 95.3 Å². The van der Waals surface area contributed by atoms with Gasteiger partial charge in [-0.2, -0.15) is 0 Å². The van der Waals surface area contributed by atoms with Crippen molar-refractivity contribution >= 4 is 5.97 Å². The number of aromatic carboxylic acids is 1. The van der Waals surface area contributed by atoms with E-state index in [0.29, 0.717) is 18.9 Å². The molecule has 0 atom stereocenters. The molecular weight excluding hydrogens is 206 g/mol. The van der Waals surface area contributed by atoms with E-state index in [-0.39, 0.29) is 5.56 Å². The number of carboxylic acids is 1. The third-order valence-corrected chi connectivity index (χ3v) is 2.21. The Kier molecular flexibility index (Phi) is 4.76. The molecule has 0 aliphatic heterocycles. The zero-order valence-electron chi connectivity index (χ0n) is 9.69. The van der Waals surface area contributed by atoms with E-state index in [1.807, 2.05) is 6.92 Å². The standard InChI is InChI=1S/C12H17NO3/c1-3-5-6-16-11-8-9(12(14)15)7-10(4-2)13-11/h7-8H,3-6H2,1-2H3,(H,14,15). The Morgan fingerprint density at radius 1 is 1.44 bits per heavy atom. The Bertz CT molecular complexity index is 363. The van der Waals surface area contributed by atoms with Gasteiger partial charge in [-0.25, -0.2) is 9.78 Å². The van der Waals surface area contributed by atoms with Crippen LogP contribution in [-0.4, -0.2) is 22.7 Å². The summed E-state index contributed by atoms with van der Waals surface area (Å²) in [7, 11) is 0. The number of nitrogens with zero attached hydrogens (tertiary/aromatic N) is 1. The highest BCUT2D eigenvalue weighted by Crippen LogP contribution is 2.13. The maximum absolute atomic E-state index is 10.9. The van der Waals surface area contributed by atoms with E-state index in [1.54, 1.807) is 6.07 Å². The van der Waals surface area contributed by atoms with E-state index in [2.05, 4.69) is 11.9 Å². The Morgan fingerprint density at radius 3 is 2.75 bits per heavy atom. The van der Waals surface area contributed by atoms with Crippen LogP contribution in [0.4, 0.5) is 0 Å². The molecule has 1 aromatic rings. The molecule has 1 rings (SSSR count). The third kappa shape index (κ3) is 3.53. The lowest BCUT2D eigenvalue weighted by atomic mass is 10.2. The molecule has 1 heterocycles. The molecule has 4 nitrogen and oxygen atoms in total. The monoisotopic (exact) mass is 223 g/mol. The van der Waals surface area contributed by atoms with Crippen molar-refractivity contribution in [2.24, 2.45) is 0 Å². The van der Waals surface area contributed by atoms with Crippen LogP contribution in [-0.2, 0) is 6.42 Å². The van der Waals surface area contributed by atoms with Crippen molar-refractivity contribution in [1.29, 1.82) is 0 Å². The molecular formula is C12H17NO3. The van der Waals surface area contributed by atoms with E-state index in [9.17, 15) is 4.79 Å². The summed E-state index contributed by atoms with van der Waals surface area (Å²) in [6, 6.07) is 3.05. The highest BCUT2D eigenvalue weighted by atomic mass is 16.5. The zero-order valence-corrected chi connectivity index (χ0v) is 9.69. The number of aromatic nitrogens is 1. The largest absolute Gasteiger partial charge is 0.478 e. The van der Waals surface area contributed by atoms with Crippen molar-refractivity contribution in [2.45, 2.75) is 33.1 Å². The van der Waals surface area contributed by atoms with Crippen LogP contribution in [0.2, 0.25) is 0 Å². The van der Waals surface area contributed by atoms with Crippen LogP contribution in [0.1, 0.15) is 42.7 Å². The summed E-state index contributed by atoms with van der Waals surface area (Å²) in [6.45, 7) is 4.58. The first-order valence-corrected chi connectivity index (χ1v) is 5.54. The minimum absolute atomic E-state index is 0.235. The number of aryl methyl sites for hydroxylation is 1. The first kappa shape index (κ1) is 12.5. The van der Waals surface area contributed by atoms with E-state index in [0.717, 1.165) is 18.5 Å². The first-order valence-electron chi connectivity index (χ1n) is 5.54. The van der Waals surface area contributed by atoms with Crippen molar-refractivity contribution < 1.29 is 14.6 Å². The van der Waals surface area contributed by atoms with Crippen LogP contribution in [0.5, 0.6) is 5.88 Å². The molecule has 88 valence electrons. The fraction of sp³-hybridized carbons (Fsp3) is 0.500. The predicted octanol–water partition coefficient (Wildman–Crippen LogP) is 2.52. The lowest BCUT2D eigenvalue weighted by Gasteiger charge is -2.07. The molecule has 0 saturated carbocycles. The van der Waals surface area contributed by atoms with Gasteiger partial charge in [-0.1, -0.05) is 20.3 Å². The molecule has 4 heteroatoms. The molecule has 0 bridgehead atoms. The van der Waals surface area contributed by atoms with Crippen molar-refractivity contribution in [3.05, 3.63) is 23.4 Å². The molecule has 0 aromatic carbocycles. The first-order chi connectivity index (χ1) is 7.67. The number of hydrogen-bond acceptors (Lipinski definition) is 3. The molecule has 0 spiro atoms. The van der Waals surface area contributed by atoms with Crippen molar-refractivity contribution in [3.8, 4) is 5.88 Å². The van der Waals surface area contributed by atoms with Gasteiger partial charge in [-0.3, -0.25) is 0 Å². The van der Waals surface area contributed by atoms with Gasteiger partial charge < -0.3 is 9.84 Å². The summed E-state index contributed by atoms with van der Waals surface area (Å²) in [6.07, 6.45) is 2.69. The second-order valence-electron chi connectivity index (χ2n) is 3.55. The van der Waals surface area contributed by atoms with Crippen LogP contribution in [0.25, 0.3) is 0 Å². The lowest BCUT2D eigenvalue weighted by molar-refractivity contribution is 0.0696. The molecule has 1 aromatic heterocycles. The molecule has 0 fully saturated rings. The van der Waals surface area contributed by atoms with Crippen LogP contribution in [0.3, 0.4) is 0 Å². The number of ether oxygens (including phenoxy) is 1. The number of rotatable bonds is 6. The average molecular weight is 223 g/mol. The van der Waals surface area contributed by atoms with Crippen LogP contribution < -0.4 is 4.74 Å². The van der Waals surface area contributed by atoms with Crippen molar-refractivity contribution in [3.63, 3.8) is 0 Å². The van der Waals surface area contributed by atoms with Crippen LogP contribution in [0, 0.1) is 0 Å². The van der Waals surface area contributed by atoms with Crippen LogP contribution >= 0.6 is 0 Å². The summed E-state index contributed by atoms with van der Waals surface area (Å²) in [5.74, 6) is -0.539. The summed E-state index contributed by atoms with van der Waals surface area (Å²) >= 11 is 0. The van der Waals surface area contributed by atoms with Crippen molar-refractivity contribution in [1.82, 2.24) is 4.98 Å². The quantitative estimate of drug-likeness (QED) is 0.753. The fourth-order valence-corrected chi connectivity index (χ4v) is 1.26. The number of unbranched alkanes of at least 4 members (excludes halogenated alkanes) is 1. The summed E-state index contributed by atoms with van der Waals surface area (Å²) in [5, 5.41) is 8.92. The molecule has 0 unspecified atom stereocenters. The smallest absolute Gasteiger partial charge is 0.335 e. The van der Waals surface area contributed by atoms with Crippen LogP contribution in [0.15, 0.2) is 12.1 Å². The van der Waals surface area contributed by atoms with Crippen molar-refractivity contribution in [2.75, 3.05) is 6.61 Å². The van der Waals surface area contributed by atoms with Gasteiger partial charge in [0.05, 0.1) is 12.2 Å². The minimum atomic E-state index is -0.947. The maximum Gasteiger partial charge on any atom is 0.335 e. The Morgan fingerprint density at radius 2 is 2.19 bits per heavy atom. The normalized spacial score (nSPS) is 10.1. The van der Waals surface area contributed by atoms with E-state index in [4.69, 9.17) is 9.84 Å². The van der Waals surface area contributed by atoms with Gasteiger partial charge in [0.2, 0.25) is 5.88 Å². The molecule has 1 N–H and O–H groups in total. The minimum Gasteiger partial charge on any atom is -0.478 e. The summed E-state index contributed by atoms with van der Waals surface area (Å²) in [5.41, 5.74) is 0.977. The third-order valence-electron chi connectivity index (χ3n) is 2.21. The number of carbonyl (C=O) groups is 1. The fourth-order valence-electron chi connectivity index (χ4n) is 1.26. The average Bonchev–Trinajstić information content (AvgIpc) is 2.29. The van der Waals surface area contributed by atoms with Gasteiger partial charge >= 0.3 is 5.97 Å². The second-order valence-corrected chi connectivity index (χ2v) is 3.55. The molecule has 0 radical (unpaired) electrons. The highest BCUT2D eigenvalue weighted by Gasteiger charge is 2.08. The molecule has 16 heavy (non-hydrogen) atoms. The SMILES string of the molecule is CCCCOc1cc(C(=O)O)cc(CC)n1. The van der Waals surface area contributed by atoms with Gasteiger partial charge in [0, 0.05) is 11.8 Å². The maximum atomic E-state index is 10.9. The topological polar surface area (TPSA) is 59.4 Å². The molecule has 0 aliphatic carbocycles. The summed E-state index contributed by atoms with van der Waals surface area (Å²) in [4.78, 5) is 15.1. The zero-order chi connectivity index (χ0) is 12.0. The molecule has 0 amide bonds. The predicted molar refractivity (Wildman–Crippen MR) is 61.0 cm³/mol. The highest BCUT2D eigenvalue weighted by molar-refractivity contribution is 5.88. The Hall–Kier alpha value is -1.58. The van der Waals surface area contributed by atoms with E-state index < -0.39 is 5.97 Å². The summed E-state index contributed by atoms with van der Waals surface area (Å²) < 4.78 is 5.41. The van der Waals surface area contributed by atoms with Gasteiger partial charge in [-0.05, 0) is 18.9 Å². The number of carboxylic acid groups (broad SMARTS) is 1. The molecule has 0 saturated heterocycles.